The first-order chi connectivity index (χ1) is 13.4. The number of nitrogens with one attached hydrogen (secondary N) is 1. The van der Waals surface area contributed by atoms with E-state index in [0.29, 0.717) is 0 Å². The van der Waals surface area contributed by atoms with E-state index in [9.17, 15) is 0 Å². The minimum Gasteiger partial charge on any atom is -0.457 e. The first kappa shape index (κ1) is 18.7. The number of fused-ring (bicyclic) bond motifs is 3. The Hall–Kier alpha value is -2.63. The second-order valence-electron chi connectivity index (χ2n) is 6.68. The van der Waals surface area contributed by atoms with Crippen molar-refractivity contribution < 1.29 is 4.74 Å². The van der Waals surface area contributed by atoms with E-state index < -0.39 is 0 Å². The van der Waals surface area contributed by atoms with E-state index in [1.165, 1.54) is 35.1 Å². The van der Waals surface area contributed by atoms with Gasteiger partial charge >= 0.3 is 0 Å². The average Bonchev–Trinajstić information content (AvgIpc) is 3.10. The van der Waals surface area contributed by atoms with E-state index in [1.807, 2.05) is 65.9 Å². The molecule has 2 aromatic carbocycles. The zero-order valence-corrected chi connectivity index (χ0v) is 16.9. The molecular weight excluding hydrogens is 390 g/mol. The number of nitrogens with zero attached hydrogens (tertiary/aromatic N) is 2. The summed E-state index contributed by atoms with van der Waals surface area (Å²) in [6.45, 7) is 0. The summed E-state index contributed by atoms with van der Waals surface area (Å²) in [5.41, 5.74) is 2.43. The molecular formula is C22H20ClN3OS. The predicted molar refractivity (Wildman–Crippen MR) is 118 cm³/mol. The third-order valence-electron chi connectivity index (χ3n) is 4.85. The molecule has 0 atom stereocenters. The van der Waals surface area contributed by atoms with E-state index in [4.69, 9.17) is 4.74 Å². The second-order valence-corrected chi connectivity index (χ2v) is 7.76. The van der Waals surface area contributed by atoms with Gasteiger partial charge in [-0.25, -0.2) is 9.97 Å². The second kappa shape index (κ2) is 8.17. The van der Waals surface area contributed by atoms with Crippen LogP contribution in [0, 0.1) is 0 Å². The van der Waals surface area contributed by atoms with Crippen LogP contribution in [0.1, 0.15) is 23.3 Å². The van der Waals surface area contributed by atoms with Crippen LogP contribution in [-0.2, 0) is 12.8 Å². The third kappa shape index (κ3) is 3.68. The zero-order valence-electron chi connectivity index (χ0n) is 15.2. The number of rotatable bonds is 4. The Bertz CT molecular complexity index is 1080. The number of hydrogen-bond donors (Lipinski definition) is 1. The molecule has 142 valence electrons. The van der Waals surface area contributed by atoms with Crippen molar-refractivity contribution in [1.82, 2.24) is 9.97 Å². The molecule has 0 saturated carbocycles. The summed E-state index contributed by atoms with van der Waals surface area (Å²) in [6, 6.07) is 17.8. The highest BCUT2D eigenvalue weighted by molar-refractivity contribution is 7.19. The number of aryl methyl sites for hydroxylation is 2. The maximum atomic E-state index is 5.86. The molecule has 0 amide bonds. The molecule has 4 aromatic rings. The molecule has 1 N–H and O–H groups in total. The zero-order chi connectivity index (χ0) is 18.1. The average molecular weight is 410 g/mol. The van der Waals surface area contributed by atoms with Gasteiger partial charge in [-0.05, 0) is 67.6 Å². The van der Waals surface area contributed by atoms with E-state index in [1.54, 1.807) is 6.33 Å². The highest BCUT2D eigenvalue weighted by Gasteiger charge is 2.19. The van der Waals surface area contributed by atoms with E-state index in [0.717, 1.165) is 34.3 Å². The summed E-state index contributed by atoms with van der Waals surface area (Å²) in [7, 11) is 0. The molecule has 0 radical (unpaired) electrons. The van der Waals surface area contributed by atoms with Gasteiger partial charge in [-0.2, -0.15) is 0 Å². The summed E-state index contributed by atoms with van der Waals surface area (Å²) in [5.74, 6) is 2.55. The fourth-order valence-electron chi connectivity index (χ4n) is 3.55. The molecule has 0 fully saturated rings. The lowest BCUT2D eigenvalue weighted by Gasteiger charge is -2.13. The van der Waals surface area contributed by atoms with Gasteiger partial charge < -0.3 is 10.1 Å². The van der Waals surface area contributed by atoms with Crippen LogP contribution in [0.5, 0.6) is 11.5 Å². The number of ether oxygens (including phenoxy) is 1. The molecule has 28 heavy (non-hydrogen) atoms. The van der Waals surface area contributed by atoms with Crippen LogP contribution >= 0.6 is 23.7 Å². The van der Waals surface area contributed by atoms with Crippen molar-refractivity contribution in [1.29, 1.82) is 0 Å². The topological polar surface area (TPSA) is 47.0 Å². The standard InChI is InChI=1S/C22H19N3OS.ClH/c1-2-6-16(7-3-1)26-17-12-10-15(11-13-17)25-21-20-18-8-4-5-9-19(18)27-22(20)24-14-23-21;/h1-3,6-7,10-14H,4-5,8-9H2,(H,23,24,25);1H. The maximum Gasteiger partial charge on any atom is 0.142 e. The van der Waals surface area contributed by atoms with Gasteiger partial charge in [0.1, 0.15) is 28.5 Å². The van der Waals surface area contributed by atoms with Crippen molar-refractivity contribution in [3.63, 3.8) is 0 Å². The molecule has 0 unspecified atom stereocenters. The Kier molecular flexibility index (Phi) is 5.46. The molecule has 1 aliphatic rings. The lowest BCUT2D eigenvalue weighted by molar-refractivity contribution is 0.483. The summed E-state index contributed by atoms with van der Waals surface area (Å²) >= 11 is 1.82. The molecule has 2 aromatic heterocycles. The van der Waals surface area contributed by atoms with E-state index >= 15 is 0 Å². The minimum atomic E-state index is 0. The highest BCUT2D eigenvalue weighted by Crippen LogP contribution is 2.39. The van der Waals surface area contributed by atoms with Crippen LogP contribution in [0.25, 0.3) is 10.2 Å². The number of benzene rings is 2. The fraction of sp³-hybridized carbons (Fsp3) is 0.182. The molecule has 0 saturated heterocycles. The summed E-state index contributed by atoms with van der Waals surface area (Å²) in [6.07, 6.45) is 6.47. The maximum absolute atomic E-state index is 5.86. The predicted octanol–water partition coefficient (Wildman–Crippen LogP) is 6.53. The van der Waals surface area contributed by atoms with Crippen LogP contribution in [-0.4, -0.2) is 9.97 Å². The lowest BCUT2D eigenvalue weighted by atomic mass is 9.97. The van der Waals surface area contributed by atoms with Gasteiger partial charge in [-0.1, -0.05) is 18.2 Å². The van der Waals surface area contributed by atoms with Crippen molar-refractivity contribution in [3.8, 4) is 11.5 Å². The van der Waals surface area contributed by atoms with Crippen LogP contribution in [0.15, 0.2) is 60.9 Å². The van der Waals surface area contributed by atoms with Crippen molar-refractivity contribution in [2.45, 2.75) is 25.7 Å². The van der Waals surface area contributed by atoms with Gasteiger partial charge in [-0.15, -0.1) is 23.7 Å². The number of thiophene rings is 1. The summed E-state index contributed by atoms with van der Waals surface area (Å²) in [4.78, 5) is 11.6. The van der Waals surface area contributed by atoms with Gasteiger partial charge in [0.2, 0.25) is 0 Å². The first-order valence-electron chi connectivity index (χ1n) is 9.22. The van der Waals surface area contributed by atoms with Crippen LogP contribution in [0.2, 0.25) is 0 Å². The minimum absolute atomic E-state index is 0. The van der Waals surface area contributed by atoms with Crippen molar-refractivity contribution >= 4 is 45.5 Å². The summed E-state index contributed by atoms with van der Waals surface area (Å²) < 4.78 is 5.86. The van der Waals surface area contributed by atoms with Crippen LogP contribution in [0.4, 0.5) is 11.5 Å². The number of para-hydroxylation sites is 1. The number of hydrogen-bond acceptors (Lipinski definition) is 5. The molecule has 2 heterocycles. The molecule has 0 spiro atoms. The largest absolute Gasteiger partial charge is 0.457 e. The molecule has 0 aliphatic heterocycles. The summed E-state index contributed by atoms with van der Waals surface area (Å²) in [5, 5.41) is 4.67. The van der Waals surface area contributed by atoms with Crippen molar-refractivity contribution in [2.75, 3.05) is 5.32 Å². The number of aromatic nitrogens is 2. The SMILES string of the molecule is Cl.c1ccc(Oc2ccc(Nc3ncnc4sc5c(c34)CCCC5)cc2)cc1. The number of anilines is 2. The Morgan fingerprint density at radius 3 is 2.43 bits per heavy atom. The quantitative estimate of drug-likeness (QED) is 0.416. The third-order valence-corrected chi connectivity index (χ3v) is 6.05. The van der Waals surface area contributed by atoms with Crippen molar-refractivity contribution in [3.05, 3.63) is 71.4 Å². The first-order valence-corrected chi connectivity index (χ1v) is 10.0. The molecule has 0 bridgehead atoms. The molecule has 6 heteroatoms. The normalized spacial score (nSPS) is 12.9. The highest BCUT2D eigenvalue weighted by atomic mass is 35.5. The van der Waals surface area contributed by atoms with E-state index in [2.05, 4.69) is 15.3 Å². The van der Waals surface area contributed by atoms with Gasteiger partial charge in [-0.3, -0.25) is 0 Å². The Morgan fingerprint density at radius 2 is 1.61 bits per heavy atom. The Balaban J connectivity index is 0.00000192. The van der Waals surface area contributed by atoms with Crippen molar-refractivity contribution in [2.24, 2.45) is 0 Å². The number of halogens is 1. The molecule has 4 nitrogen and oxygen atoms in total. The monoisotopic (exact) mass is 409 g/mol. The lowest BCUT2D eigenvalue weighted by Crippen LogP contribution is -2.01. The van der Waals surface area contributed by atoms with Gasteiger partial charge in [0.05, 0.1) is 5.39 Å². The van der Waals surface area contributed by atoms with Crippen LogP contribution in [0.3, 0.4) is 0 Å². The fourth-order valence-corrected chi connectivity index (χ4v) is 4.78. The van der Waals surface area contributed by atoms with Gasteiger partial charge in [0.15, 0.2) is 0 Å². The Morgan fingerprint density at radius 1 is 0.857 bits per heavy atom. The molecule has 1 aliphatic carbocycles. The van der Waals surface area contributed by atoms with Gasteiger partial charge in [0.25, 0.3) is 0 Å². The van der Waals surface area contributed by atoms with Crippen LogP contribution < -0.4 is 10.1 Å². The van der Waals surface area contributed by atoms with Gasteiger partial charge in [0, 0.05) is 10.6 Å². The molecule has 5 rings (SSSR count). The Labute approximate surface area is 174 Å². The van der Waals surface area contributed by atoms with E-state index in [-0.39, 0.29) is 12.4 Å². The smallest absolute Gasteiger partial charge is 0.142 e.